The molecule has 1 aliphatic heterocycles. The van der Waals surface area contributed by atoms with Gasteiger partial charge in [0.25, 0.3) is 0 Å². The number of halogens is 1. The van der Waals surface area contributed by atoms with Crippen LogP contribution in [0.25, 0.3) is 10.9 Å². The molecule has 0 unspecified atom stereocenters. The Morgan fingerprint density at radius 3 is 2.70 bits per heavy atom. The van der Waals surface area contributed by atoms with Gasteiger partial charge < -0.3 is 25.3 Å². The van der Waals surface area contributed by atoms with Gasteiger partial charge in [-0.25, -0.2) is 9.97 Å². The van der Waals surface area contributed by atoms with Crippen molar-refractivity contribution in [3.05, 3.63) is 71.8 Å². The highest BCUT2D eigenvalue weighted by molar-refractivity contribution is 6.32. The van der Waals surface area contributed by atoms with Crippen molar-refractivity contribution in [3.63, 3.8) is 0 Å². The van der Waals surface area contributed by atoms with Gasteiger partial charge in [-0.2, -0.15) is 0 Å². The van der Waals surface area contributed by atoms with Crippen LogP contribution in [0, 0.1) is 0 Å². The Bertz CT molecular complexity index is 1330. The Morgan fingerprint density at radius 2 is 1.89 bits per heavy atom. The van der Waals surface area contributed by atoms with E-state index in [1.807, 2.05) is 42.5 Å². The molecule has 5 rings (SSSR count). The van der Waals surface area contributed by atoms with Crippen LogP contribution < -0.4 is 20.5 Å². The van der Waals surface area contributed by atoms with E-state index in [0.717, 1.165) is 61.6 Å². The molecular formula is C27H29ClN6O3. The summed E-state index contributed by atoms with van der Waals surface area (Å²) >= 11 is 6.47. The van der Waals surface area contributed by atoms with E-state index in [4.69, 9.17) is 31.5 Å². The molecule has 0 radical (unpaired) electrons. The number of ether oxygens (including phenoxy) is 3. The van der Waals surface area contributed by atoms with Crippen LogP contribution in [0.3, 0.4) is 0 Å². The zero-order valence-electron chi connectivity index (χ0n) is 20.4. The molecule has 0 atom stereocenters. The number of nitrogens with one attached hydrogen (secondary N) is 1. The van der Waals surface area contributed by atoms with E-state index in [1.54, 1.807) is 12.3 Å². The monoisotopic (exact) mass is 520 g/mol. The summed E-state index contributed by atoms with van der Waals surface area (Å²) in [4.78, 5) is 15.5. The van der Waals surface area contributed by atoms with Crippen molar-refractivity contribution in [2.75, 3.05) is 50.5 Å². The van der Waals surface area contributed by atoms with E-state index in [1.165, 1.54) is 6.33 Å². The zero-order chi connectivity index (χ0) is 25.5. The van der Waals surface area contributed by atoms with Crippen LogP contribution in [0.5, 0.6) is 11.5 Å². The number of nitrogen functional groups attached to an aromatic ring is 1. The molecule has 1 fully saturated rings. The molecule has 9 nitrogen and oxygen atoms in total. The maximum Gasteiger partial charge on any atom is 0.144 e. The molecule has 0 saturated carbocycles. The number of anilines is 3. The fourth-order valence-electron chi connectivity index (χ4n) is 4.09. The number of rotatable bonds is 10. The third-order valence-electron chi connectivity index (χ3n) is 6.04. The van der Waals surface area contributed by atoms with Gasteiger partial charge in [-0.1, -0.05) is 17.7 Å². The molecule has 0 amide bonds. The predicted molar refractivity (Wildman–Crippen MR) is 145 cm³/mol. The second-order valence-electron chi connectivity index (χ2n) is 8.67. The second kappa shape index (κ2) is 12.1. The van der Waals surface area contributed by atoms with Gasteiger partial charge in [0.15, 0.2) is 0 Å². The molecule has 0 bridgehead atoms. The van der Waals surface area contributed by atoms with Crippen molar-refractivity contribution in [3.8, 4) is 11.5 Å². The number of benzene rings is 2. The SMILES string of the molecule is Nc1cc2c(Nc3ccc(OCc4ccccn4)c(Cl)c3)ncnc2cc1OCCCN1CCOCC1. The smallest absolute Gasteiger partial charge is 0.144 e. The van der Waals surface area contributed by atoms with Crippen LogP contribution in [0.15, 0.2) is 61.1 Å². The number of hydrogen-bond donors (Lipinski definition) is 2. The Balaban J connectivity index is 1.23. The average Bonchev–Trinajstić information content (AvgIpc) is 2.92. The standard InChI is InChI=1S/C27H29ClN6O3/c28-22-14-19(5-6-25(22)37-17-20-4-1-2-7-30-20)33-27-21-15-23(29)26(16-24(21)31-18-32-27)36-11-3-8-34-9-12-35-13-10-34/h1-2,4-7,14-16,18H,3,8-13,17,29H2,(H,31,32,33). The number of hydrogen-bond acceptors (Lipinski definition) is 9. The summed E-state index contributed by atoms with van der Waals surface area (Å²) in [6.07, 6.45) is 4.15. The van der Waals surface area contributed by atoms with Crippen molar-refractivity contribution in [1.82, 2.24) is 19.9 Å². The van der Waals surface area contributed by atoms with Gasteiger partial charge >= 0.3 is 0 Å². The predicted octanol–water partition coefficient (Wildman–Crippen LogP) is 4.68. The van der Waals surface area contributed by atoms with Gasteiger partial charge in [-0.15, -0.1) is 0 Å². The number of morpholine rings is 1. The number of aromatic nitrogens is 3. The number of fused-ring (bicyclic) bond motifs is 1. The summed E-state index contributed by atoms with van der Waals surface area (Å²) < 4.78 is 17.2. The van der Waals surface area contributed by atoms with Gasteiger partial charge in [-0.3, -0.25) is 9.88 Å². The number of nitrogens with zero attached hydrogens (tertiary/aromatic N) is 4. The van der Waals surface area contributed by atoms with Crippen LogP contribution in [0.2, 0.25) is 5.02 Å². The van der Waals surface area contributed by atoms with Crippen LogP contribution >= 0.6 is 11.6 Å². The fourth-order valence-corrected chi connectivity index (χ4v) is 4.32. The van der Waals surface area contributed by atoms with E-state index < -0.39 is 0 Å². The van der Waals surface area contributed by atoms with Crippen LogP contribution in [-0.2, 0) is 11.3 Å². The molecule has 1 saturated heterocycles. The first-order chi connectivity index (χ1) is 18.2. The Labute approximate surface area is 220 Å². The molecule has 4 aromatic rings. The summed E-state index contributed by atoms with van der Waals surface area (Å²) in [5.74, 6) is 1.82. The van der Waals surface area contributed by atoms with E-state index in [0.29, 0.717) is 41.2 Å². The van der Waals surface area contributed by atoms with Crippen LogP contribution in [0.1, 0.15) is 12.1 Å². The lowest BCUT2D eigenvalue weighted by molar-refractivity contribution is 0.0358. The molecule has 2 aromatic heterocycles. The first-order valence-electron chi connectivity index (χ1n) is 12.2. The normalized spacial score (nSPS) is 14.0. The molecule has 192 valence electrons. The second-order valence-corrected chi connectivity index (χ2v) is 9.07. The van der Waals surface area contributed by atoms with Gasteiger partial charge in [0.05, 0.1) is 41.7 Å². The lowest BCUT2D eigenvalue weighted by atomic mass is 10.2. The summed E-state index contributed by atoms with van der Waals surface area (Å²) in [7, 11) is 0. The zero-order valence-corrected chi connectivity index (χ0v) is 21.2. The molecular weight excluding hydrogens is 492 g/mol. The largest absolute Gasteiger partial charge is 0.491 e. The number of nitrogens with two attached hydrogens (primary N) is 1. The topological polar surface area (TPSA) is 108 Å². The minimum Gasteiger partial charge on any atom is -0.491 e. The molecule has 3 N–H and O–H groups in total. The van der Waals surface area contributed by atoms with E-state index in [-0.39, 0.29) is 0 Å². The van der Waals surface area contributed by atoms with Crippen molar-refractivity contribution >= 4 is 39.7 Å². The Kier molecular flexibility index (Phi) is 8.15. The minimum absolute atomic E-state index is 0.334. The molecule has 2 aromatic carbocycles. The van der Waals surface area contributed by atoms with Gasteiger partial charge in [0, 0.05) is 43.0 Å². The Hall–Kier alpha value is -3.66. The maximum absolute atomic E-state index is 6.47. The molecule has 0 spiro atoms. The first-order valence-corrected chi connectivity index (χ1v) is 12.6. The van der Waals surface area contributed by atoms with Gasteiger partial charge in [-0.05, 0) is 42.8 Å². The van der Waals surface area contributed by atoms with Crippen LogP contribution in [-0.4, -0.2) is 59.3 Å². The summed E-state index contributed by atoms with van der Waals surface area (Å²) in [6.45, 7) is 5.42. The molecule has 10 heteroatoms. The minimum atomic E-state index is 0.334. The average molecular weight is 521 g/mol. The van der Waals surface area contributed by atoms with Crippen molar-refractivity contribution in [1.29, 1.82) is 0 Å². The van der Waals surface area contributed by atoms with Crippen molar-refractivity contribution < 1.29 is 14.2 Å². The molecule has 1 aliphatic rings. The maximum atomic E-state index is 6.47. The molecule has 3 heterocycles. The van der Waals surface area contributed by atoms with Crippen LogP contribution in [0.4, 0.5) is 17.2 Å². The highest BCUT2D eigenvalue weighted by Crippen LogP contribution is 2.33. The summed E-state index contributed by atoms with van der Waals surface area (Å²) in [5.41, 5.74) is 9.18. The van der Waals surface area contributed by atoms with Gasteiger partial charge in [0.2, 0.25) is 0 Å². The first kappa shape index (κ1) is 25.0. The lowest BCUT2D eigenvalue weighted by Crippen LogP contribution is -2.37. The van der Waals surface area contributed by atoms with E-state index in [9.17, 15) is 0 Å². The highest BCUT2D eigenvalue weighted by atomic mass is 35.5. The number of pyridine rings is 1. The quantitative estimate of drug-likeness (QED) is 0.227. The molecule has 37 heavy (non-hydrogen) atoms. The lowest BCUT2D eigenvalue weighted by Gasteiger charge is -2.26. The molecule has 0 aliphatic carbocycles. The third kappa shape index (κ3) is 6.56. The Morgan fingerprint density at radius 1 is 1.00 bits per heavy atom. The van der Waals surface area contributed by atoms with E-state index >= 15 is 0 Å². The van der Waals surface area contributed by atoms with E-state index in [2.05, 4.69) is 25.2 Å². The van der Waals surface area contributed by atoms with Crippen molar-refractivity contribution in [2.24, 2.45) is 0 Å². The van der Waals surface area contributed by atoms with Gasteiger partial charge in [0.1, 0.15) is 30.3 Å². The third-order valence-corrected chi connectivity index (χ3v) is 6.34. The summed E-state index contributed by atoms with van der Waals surface area (Å²) in [5, 5.41) is 4.57. The summed E-state index contributed by atoms with van der Waals surface area (Å²) in [6, 6.07) is 14.9. The fraction of sp³-hybridized carbons (Fsp3) is 0.296. The highest BCUT2D eigenvalue weighted by Gasteiger charge is 2.12. The van der Waals surface area contributed by atoms with Crippen molar-refractivity contribution in [2.45, 2.75) is 13.0 Å².